The predicted octanol–water partition coefficient (Wildman–Crippen LogP) is 2.04. The third kappa shape index (κ3) is 4.64. The first-order chi connectivity index (χ1) is 14.3. The molecule has 30 heavy (non-hydrogen) atoms. The normalized spacial score (nSPS) is 23.7. The number of nitrogens with one attached hydrogen (secondary N) is 1. The Balaban J connectivity index is 1.44. The molecule has 2 aromatic rings. The second kappa shape index (κ2) is 8.34. The topological polar surface area (TPSA) is 63.1 Å². The third-order valence-corrected chi connectivity index (χ3v) is 6.29. The second-order valence-electron chi connectivity index (χ2n) is 9.63. The summed E-state index contributed by atoms with van der Waals surface area (Å²) in [5, 5.41) is 9.59. The van der Waals surface area contributed by atoms with Crippen LogP contribution in [0.4, 0.5) is 5.82 Å². The molecule has 1 N–H and O–H groups in total. The van der Waals surface area contributed by atoms with Crippen LogP contribution in [0.25, 0.3) is 12.2 Å². The molecule has 1 saturated heterocycles. The van der Waals surface area contributed by atoms with Crippen LogP contribution in [0.3, 0.4) is 0 Å². The SMILES string of the molecule is CC(C)CN1CCC(CC(=O)Nc2cc3c(cn2)=CCC(C)(c2cnn(C)c2)C=3)C1. The molecule has 1 aliphatic heterocycles. The van der Waals surface area contributed by atoms with E-state index in [1.807, 2.05) is 30.2 Å². The maximum Gasteiger partial charge on any atom is 0.225 e. The van der Waals surface area contributed by atoms with E-state index in [-0.39, 0.29) is 11.3 Å². The van der Waals surface area contributed by atoms with E-state index in [4.69, 9.17) is 0 Å². The minimum absolute atomic E-state index is 0.0636. The van der Waals surface area contributed by atoms with Gasteiger partial charge in [-0.05, 0) is 47.7 Å². The molecule has 4 rings (SSSR count). The first kappa shape index (κ1) is 20.8. The summed E-state index contributed by atoms with van der Waals surface area (Å²) >= 11 is 0. The number of fused-ring (bicyclic) bond motifs is 1. The summed E-state index contributed by atoms with van der Waals surface area (Å²) in [7, 11) is 1.94. The number of aromatic nitrogens is 3. The number of carbonyl (C=O) groups excluding carboxylic acids is 1. The Kier molecular flexibility index (Phi) is 5.78. The number of likely N-dealkylation sites (tertiary alicyclic amines) is 1. The summed E-state index contributed by atoms with van der Waals surface area (Å²) in [6.45, 7) is 9.96. The average molecular weight is 408 g/mol. The van der Waals surface area contributed by atoms with E-state index in [1.54, 1.807) is 0 Å². The summed E-state index contributed by atoms with van der Waals surface area (Å²) in [4.78, 5) is 19.6. The van der Waals surface area contributed by atoms with Crippen LogP contribution in [0.5, 0.6) is 0 Å². The van der Waals surface area contributed by atoms with Crippen LogP contribution in [0.1, 0.15) is 45.6 Å². The standard InChI is InChI=1S/C24H33N5O/c1-17(2)14-29-8-6-18(15-29)9-23(30)27-22-10-20-11-24(3,7-5-19(20)12-25-22)21-13-26-28(4)16-21/h5,10-13,16-18H,6-9,14-15H2,1-4H3,(H,27,30). The van der Waals surface area contributed by atoms with Crippen LogP contribution in [-0.2, 0) is 17.3 Å². The van der Waals surface area contributed by atoms with Gasteiger partial charge in [-0.1, -0.05) is 32.9 Å². The third-order valence-electron chi connectivity index (χ3n) is 6.29. The lowest BCUT2D eigenvalue weighted by Crippen LogP contribution is -2.35. The highest BCUT2D eigenvalue weighted by Crippen LogP contribution is 2.30. The monoisotopic (exact) mass is 407 g/mol. The number of amides is 1. The number of hydrogen-bond acceptors (Lipinski definition) is 4. The maximum absolute atomic E-state index is 12.6. The van der Waals surface area contributed by atoms with Crippen molar-refractivity contribution in [2.75, 3.05) is 25.0 Å². The Morgan fingerprint density at radius 2 is 2.17 bits per heavy atom. The molecule has 6 heteroatoms. The highest BCUT2D eigenvalue weighted by molar-refractivity contribution is 5.90. The Morgan fingerprint density at radius 1 is 1.33 bits per heavy atom. The highest BCUT2D eigenvalue weighted by atomic mass is 16.1. The smallest absolute Gasteiger partial charge is 0.225 e. The van der Waals surface area contributed by atoms with Gasteiger partial charge in [0.25, 0.3) is 0 Å². The van der Waals surface area contributed by atoms with Crippen molar-refractivity contribution in [1.29, 1.82) is 0 Å². The molecule has 2 aromatic heterocycles. The Labute approximate surface area is 178 Å². The van der Waals surface area contributed by atoms with Gasteiger partial charge in [-0.2, -0.15) is 5.10 Å². The predicted molar refractivity (Wildman–Crippen MR) is 120 cm³/mol. The summed E-state index contributed by atoms with van der Waals surface area (Å²) in [5.41, 5.74) is 1.09. The van der Waals surface area contributed by atoms with Crippen molar-refractivity contribution in [1.82, 2.24) is 19.7 Å². The molecule has 1 fully saturated rings. The molecule has 0 spiro atoms. The molecule has 6 nitrogen and oxygen atoms in total. The van der Waals surface area contributed by atoms with Crippen molar-refractivity contribution >= 4 is 23.9 Å². The largest absolute Gasteiger partial charge is 0.311 e. The zero-order valence-corrected chi connectivity index (χ0v) is 18.6. The van der Waals surface area contributed by atoms with Crippen LogP contribution >= 0.6 is 0 Å². The molecule has 0 radical (unpaired) electrons. The number of carbonyl (C=O) groups is 1. The van der Waals surface area contributed by atoms with Gasteiger partial charge in [0.1, 0.15) is 5.82 Å². The van der Waals surface area contributed by atoms with E-state index in [9.17, 15) is 4.79 Å². The van der Waals surface area contributed by atoms with Gasteiger partial charge < -0.3 is 10.2 Å². The second-order valence-corrected chi connectivity index (χ2v) is 9.63. The van der Waals surface area contributed by atoms with Gasteiger partial charge in [0, 0.05) is 49.9 Å². The van der Waals surface area contributed by atoms with E-state index >= 15 is 0 Å². The van der Waals surface area contributed by atoms with E-state index in [0.29, 0.717) is 24.1 Å². The van der Waals surface area contributed by atoms with Crippen LogP contribution in [-0.4, -0.2) is 45.2 Å². The van der Waals surface area contributed by atoms with Crippen molar-refractivity contribution in [3.8, 4) is 0 Å². The highest BCUT2D eigenvalue weighted by Gasteiger charge is 2.27. The quantitative estimate of drug-likeness (QED) is 0.796. The van der Waals surface area contributed by atoms with Crippen molar-refractivity contribution in [3.05, 3.63) is 40.7 Å². The number of anilines is 1. The summed E-state index contributed by atoms with van der Waals surface area (Å²) < 4.78 is 1.84. The number of nitrogens with zero attached hydrogens (tertiary/aromatic N) is 4. The van der Waals surface area contributed by atoms with E-state index < -0.39 is 0 Å². The van der Waals surface area contributed by atoms with Crippen molar-refractivity contribution < 1.29 is 4.79 Å². The number of aryl methyl sites for hydroxylation is 1. The molecule has 0 saturated carbocycles. The van der Waals surface area contributed by atoms with E-state index in [1.165, 1.54) is 5.56 Å². The number of pyridine rings is 1. The van der Waals surface area contributed by atoms with E-state index in [2.05, 4.69) is 59.4 Å². The van der Waals surface area contributed by atoms with Crippen molar-refractivity contribution in [2.24, 2.45) is 18.9 Å². The fraction of sp³-hybridized carbons (Fsp3) is 0.542. The van der Waals surface area contributed by atoms with Gasteiger partial charge in [0.05, 0.1) is 6.20 Å². The van der Waals surface area contributed by atoms with Crippen molar-refractivity contribution in [2.45, 2.75) is 45.4 Å². The zero-order valence-electron chi connectivity index (χ0n) is 18.6. The molecule has 0 aromatic carbocycles. The maximum atomic E-state index is 12.6. The first-order valence-corrected chi connectivity index (χ1v) is 11.0. The molecule has 2 atom stereocenters. The van der Waals surface area contributed by atoms with Gasteiger partial charge in [-0.25, -0.2) is 4.98 Å². The average Bonchev–Trinajstić information content (AvgIpc) is 3.30. The van der Waals surface area contributed by atoms with Crippen LogP contribution < -0.4 is 15.8 Å². The van der Waals surface area contributed by atoms with Crippen molar-refractivity contribution in [3.63, 3.8) is 0 Å². The first-order valence-electron chi connectivity index (χ1n) is 11.0. The van der Waals surface area contributed by atoms with Crippen LogP contribution in [0.15, 0.2) is 24.7 Å². The molecule has 2 unspecified atom stereocenters. The number of rotatable bonds is 6. The summed E-state index contributed by atoms with van der Waals surface area (Å²) in [5.74, 6) is 1.81. The fourth-order valence-corrected chi connectivity index (χ4v) is 4.70. The Bertz CT molecular complexity index is 1040. The fourth-order valence-electron chi connectivity index (χ4n) is 4.70. The minimum Gasteiger partial charge on any atom is -0.311 e. The molecule has 0 bridgehead atoms. The van der Waals surface area contributed by atoms with E-state index in [0.717, 1.165) is 42.9 Å². The van der Waals surface area contributed by atoms with Gasteiger partial charge in [-0.3, -0.25) is 9.48 Å². The van der Waals surface area contributed by atoms with Crippen LogP contribution in [0.2, 0.25) is 0 Å². The Hall–Kier alpha value is -2.47. The molecule has 1 aliphatic carbocycles. The van der Waals surface area contributed by atoms with Gasteiger partial charge in [0.2, 0.25) is 5.91 Å². The molecule has 2 aliphatic rings. The van der Waals surface area contributed by atoms with Gasteiger partial charge in [0.15, 0.2) is 0 Å². The summed E-state index contributed by atoms with van der Waals surface area (Å²) in [6, 6.07) is 2.00. The molecular formula is C24H33N5O. The van der Waals surface area contributed by atoms with Crippen LogP contribution in [0, 0.1) is 11.8 Å². The molecule has 1 amide bonds. The number of hydrogen-bond donors (Lipinski definition) is 1. The lowest BCUT2D eigenvalue weighted by molar-refractivity contribution is -0.117. The molecule has 3 heterocycles. The summed E-state index contributed by atoms with van der Waals surface area (Å²) in [6.07, 6.45) is 12.9. The zero-order chi connectivity index (χ0) is 21.3. The molecular weight excluding hydrogens is 374 g/mol. The van der Waals surface area contributed by atoms with Gasteiger partial charge in [-0.15, -0.1) is 0 Å². The minimum atomic E-state index is -0.104. The lowest BCUT2D eigenvalue weighted by Gasteiger charge is -2.25. The van der Waals surface area contributed by atoms with Gasteiger partial charge >= 0.3 is 0 Å². The Morgan fingerprint density at radius 3 is 2.90 bits per heavy atom. The lowest BCUT2D eigenvalue weighted by atomic mass is 9.78. The molecule has 160 valence electrons.